The van der Waals surface area contributed by atoms with Crippen LogP contribution in [0.25, 0.3) is 22.4 Å². The zero-order chi connectivity index (χ0) is 24.8. The minimum atomic E-state index is -0.128. The van der Waals surface area contributed by atoms with Crippen LogP contribution >= 0.6 is 0 Å². The van der Waals surface area contributed by atoms with Crippen LogP contribution in [-0.4, -0.2) is 9.78 Å². The molecule has 1 heterocycles. The Bertz CT molecular complexity index is 1120. The van der Waals surface area contributed by atoms with E-state index in [0.717, 1.165) is 48.5 Å². The molecule has 0 N–H and O–H groups in total. The van der Waals surface area contributed by atoms with Crippen molar-refractivity contribution >= 4 is 0 Å². The third kappa shape index (κ3) is 6.12. The maximum Gasteiger partial charge on any atom is 0.134 e. The first-order chi connectivity index (χ1) is 17.0. The molecule has 1 aromatic heterocycles. The van der Waals surface area contributed by atoms with Crippen molar-refractivity contribution in [3.05, 3.63) is 77.8 Å². The summed E-state index contributed by atoms with van der Waals surface area (Å²) in [4.78, 5) is 0. The van der Waals surface area contributed by atoms with Crippen molar-refractivity contribution in [2.75, 3.05) is 0 Å². The zero-order valence-electron chi connectivity index (χ0n) is 21.8. The molecular formula is C32H41FN2. The normalized spacial score (nSPS) is 18.1. The van der Waals surface area contributed by atoms with Crippen LogP contribution in [-0.2, 0) is 13.0 Å². The molecular weight excluding hydrogens is 431 g/mol. The van der Waals surface area contributed by atoms with Crippen LogP contribution < -0.4 is 0 Å². The Balaban J connectivity index is 1.62. The summed E-state index contributed by atoms with van der Waals surface area (Å²) in [6, 6.07) is 16.0. The topological polar surface area (TPSA) is 17.8 Å². The molecule has 0 spiro atoms. The average Bonchev–Trinajstić information content (AvgIpc) is 3.20. The van der Waals surface area contributed by atoms with Crippen molar-refractivity contribution in [1.82, 2.24) is 9.78 Å². The second-order valence-corrected chi connectivity index (χ2v) is 10.6. The molecule has 1 fully saturated rings. The van der Waals surface area contributed by atoms with Crippen LogP contribution in [0.2, 0.25) is 0 Å². The lowest BCUT2D eigenvalue weighted by molar-refractivity contribution is 0.233. The standard InChI is InChI=1S/C32H41FN2/c1-5-11-29-30(28-17-10-13-24(4)31(28)33)32(27-15-7-6-8-16-27)34-35(29)22-26-20-18-25(19-21-26)14-9-12-23(2)3/h6-8,10,13,15-17,25-26H,2,5,9,11-12,14,18-22H2,1,3-4H3. The van der Waals surface area contributed by atoms with Gasteiger partial charge in [0.2, 0.25) is 0 Å². The summed E-state index contributed by atoms with van der Waals surface area (Å²) in [5, 5.41) is 5.17. The fraction of sp³-hybridized carbons (Fsp3) is 0.469. The van der Waals surface area contributed by atoms with Gasteiger partial charge in [-0.3, -0.25) is 4.68 Å². The largest absolute Gasteiger partial charge is 0.268 e. The quantitative estimate of drug-likeness (QED) is 0.269. The lowest BCUT2D eigenvalue weighted by Gasteiger charge is -2.29. The molecule has 0 unspecified atom stereocenters. The van der Waals surface area contributed by atoms with Crippen molar-refractivity contribution < 1.29 is 4.39 Å². The van der Waals surface area contributed by atoms with Gasteiger partial charge in [-0.1, -0.05) is 86.7 Å². The first kappa shape index (κ1) is 25.4. The van der Waals surface area contributed by atoms with Gasteiger partial charge in [-0.15, -0.1) is 6.58 Å². The SMILES string of the molecule is C=C(C)CCCC1CCC(Cn2nc(-c3ccccc3)c(-c3cccc(C)c3F)c2CCC)CC1. The van der Waals surface area contributed by atoms with Gasteiger partial charge in [0, 0.05) is 28.9 Å². The van der Waals surface area contributed by atoms with Crippen LogP contribution in [0.15, 0.2) is 60.7 Å². The average molecular weight is 473 g/mol. The second kappa shape index (κ2) is 11.8. The molecule has 1 aliphatic rings. The number of rotatable bonds is 10. The smallest absolute Gasteiger partial charge is 0.134 e. The van der Waals surface area contributed by atoms with Gasteiger partial charge in [-0.25, -0.2) is 4.39 Å². The minimum absolute atomic E-state index is 0.128. The number of benzene rings is 2. The van der Waals surface area contributed by atoms with E-state index in [0.29, 0.717) is 17.0 Å². The molecule has 2 nitrogen and oxygen atoms in total. The van der Waals surface area contributed by atoms with Crippen molar-refractivity contribution in [1.29, 1.82) is 0 Å². The van der Waals surface area contributed by atoms with Crippen LogP contribution in [0.3, 0.4) is 0 Å². The maximum atomic E-state index is 15.4. The molecule has 0 atom stereocenters. The summed E-state index contributed by atoms with van der Waals surface area (Å²) in [7, 11) is 0. The molecule has 1 aliphatic carbocycles. The Kier molecular flexibility index (Phi) is 8.59. The number of allylic oxidation sites excluding steroid dienone is 1. The highest BCUT2D eigenvalue weighted by molar-refractivity contribution is 5.83. The van der Waals surface area contributed by atoms with Gasteiger partial charge in [0.05, 0.1) is 0 Å². The van der Waals surface area contributed by atoms with Crippen LogP contribution in [0.4, 0.5) is 4.39 Å². The van der Waals surface area contributed by atoms with Crippen molar-refractivity contribution in [3.8, 4) is 22.4 Å². The van der Waals surface area contributed by atoms with E-state index in [4.69, 9.17) is 5.10 Å². The number of aromatic nitrogens is 2. The van der Waals surface area contributed by atoms with Gasteiger partial charge in [-0.05, 0) is 63.4 Å². The van der Waals surface area contributed by atoms with E-state index in [9.17, 15) is 0 Å². The summed E-state index contributed by atoms with van der Waals surface area (Å²) >= 11 is 0. The van der Waals surface area contributed by atoms with Crippen molar-refractivity contribution in [2.45, 2.75) is 85.1 Å². The number of halogens is 1. The van der Waals surface area contributed by atoms with Crippen LogP contribution in [0.5, 0.6) is 0 Å². The molecule has 3 heteroatoms. The van der Waals surface area contributed by atoms with Gasteiger partial charge in [0.25, 0.3) is 0 Å². The van der Waals surface area contributed by atoms with E-state index in [2.05, 4.69) is 37.2 Å². The van der Waals surface area contributed by atoms with Crippen LogP contribution in [0.1, 0.15) is 76.5 Å². The first-order valence-corrected chi connectivity index (χ1v) is 13.5. The fourth-order valence-corrected chi connectivity index (χ4v) is 5.70. The third-order valence-electron chi connectivity index (χ3n) is 7.67. The van der Waals surface area contributed by atoms with E-state index in [1.807, 2.05) is 43.3 Å². The minimum Gasteiger partial charge on any atom is -0.268 e. The highest BCUT2D eigenvalue weighted by Crippen LogP contribution is 2.39. The first-order valence-electron chi connectivity index (χ1n) is 13.5. The zero-order valence-corrected chi connectivity index (χ0v) is 21.8. The molecule has 0 bridgehead atoms. The number of aryl methyl sites for hydroxylation is 1. The van der Waals surface area contributed by atoms with Gasteiger partial charge in [-0.2, -0.15) is 5.10 Å². The van der Waals surface area contributed by atoms with Gasteiger partial charge < -0.3 is 0 Å². The van der Waals surface area contributed by atoms with Gasteiger partial charge in [0.15, 0.2) is 0 Å². The lowest BCUT2D eigenvalue weighted by atomic mass is 9.79. The summed E-state index contributed by atoms with van der Waals surface area (Å²) in [6.45, 7) is 11.2. The fourth-order valence-electron chi connectivity index (χ4n) is 5.70. The number of hydrogen-bond acceptors (Lipinski definition) is 1. The van der Waals surface area contributed by atoms with Gasteiger partial charge in [0.1, 0.15) is 11.5 Å². The lowest BCUT2D eigenvalue weighted by Crippen LogP contribution is -2.21. The maximum absolute atomic E-state index is 15.4. The Morgan fingerprint density at radius 1 is 1.03 bits per heavy atom. The van der Waals surface area contributed by atoms with E-state index >= 15 is 4.39 Å². The van der Waals surface area contributed by atoms with Crippen LogP contribution in [0, 0.1) is 24.6 Å². The Morgan fingerprint density at radius 2 is 1.74 bits per heavy atom. The highest BCUT2D eigenvalue weighted by atomic mass is 19.1. The van der Waals surface area contributed by atoms with E-state index in [-0.39, 0.29) is 5.82 Å². The Morgan fingerprint density at radius 3 is 2.43 bits per heavy atom. The van der Waals surface area contributed by atoms with E-state index in [1.54, 1.807) is 0 Å². The van der Waals surface area contributed by atoms with Gasteiger partial charge >= 0.3 is 0 Å². The molecule has 35 heavy (non-hydrogen) atoms. The highest BCUT2D eigenvalue weighted by Gasteiger charge is 2.26. The molecule has 186 valence electrons. The van der Waals surface area contributed by atoms with E-state index in [1.165, 1.54) is 49.8 Å². The molecule has 0 saturated heterocycles. The van der Waals surface area contributed by atoms with Crippen molar-refractivity contribution in [3.63, 3.8) is 0 Å². The molecule has 1 saturated carbocycles. The van der Waals surface area contributed by atoms with E-state index < -0.39 is 0 Å². The Labute approximate surface area is 211 Å². The molecule has 3 aromatic rings. The second-order valence-electron chi connectivity index (χ2n) is 10.6. The number of nitrogens with zero attached hydrogens (tertiary/aromatic N) is 2. The van der Waals surface area contributed by atoms with Crippen molar-refractivity contribution in [2.24, 2.45) is 11.8 Å². The summed E-state index contributed by atoms with van der Waals surface area (Å²) in [5.41, 5.74) is 6.79. The monoisotopic (exact) mass is 472 g/mol. The third-order valence-corrected chi connectivity index (χ3v) is 7.67. The molecule has 4 rings (SSSR count). The number of hydrogen-bond donors (Lipinski definition) is 0. The summed E-state index contributed by atoms with van der Waals surface area (Å²) in [5.74, 6) is 1.37. The predicted octanol–water partition coefficient (Wildman–Crippen LogP) is 9.17. The Hall–Kier alpha value is -2.68. The predicted molar refractivity (Wildman–Crippen MR) is 146 cm³/mol. The summed E-state index contributed by atoms with van der Waals surface area (Å²) < 4.78 is 17.7. The molecule has 0 amide bonds. The molecule has 0 aliphatic heterocycles. The summed E-state index contributed by atoms with van der Waals surface area (Å²) in [6.07, 6.45) is 10.8. The molecule has 0 radical (unpaired) electrons. The molecule has 2 aromatic carbocycles.